The van der Waals surface area contributed by atoms with Gasteiger partial charge in [-0.1, -0.05) is 19.1 Å². The van der Waals surface area contributed by atoms with Gasteiger partial charge in [-0.05, 0) is 37.6 Å². The van der Waals surface area contributed by atoms with Gasteiger partial charge in [0.05, 0.1) is 0 Å². The van der Waals surface area contributed by atoms with E-state index in [-0.39, 0.29) is 11.8 Å². The van der Waals surface area contributed by atoms with Crippen molar-refractivity contribution in [2.24, 2.45) is 5.41 Å². The standard InChI is InChI=1S/C15H21N3O2/c1-3-15(7-8-17-13(15)19)14(20)18-12-6-4-5-11(9-12)10-16-2/h4-6,9,16H,3,7-8,10H2,1-2H3,(H,17,19)(H,18,20). The molecule has 1 fully saturated rings. The van der Waals surface area contributed by atoms with Gasteiger partial charge in [0, 0.05) is 18.8 Å². The minimum Gasteiger partial charge on any atom is -0.355 e. The first-order valence-electron chi connectivity index (χ1n) is 6.95. The summed E-state index contributed by atoms with van der Waals surface area (Å²) in [6.45, 7) is 3.19. The normalized spacial score (nSPS) is 21.6. The molecular weight excluding hydrogens is 254 g/mol. The Hall–Kier alpha value is -1.88. The van der Waals surface area contributed by atoms with Crippen molar-refractivity contribution in [3.63, 3.8) is 0 Å². The van der Waals surface area contributed by atoms with Gasteiger partial charge in [0.15, 0.2) is 0 Å². The molecule has 1 atom stereocenters. The third-order valence-electron chi connectivity index (χ3n) is 3.88. The first kappa shape index (κ1) is 14.5. The van der Waals surface area contributed by atoms with Gasteiger partial charge in [-0.25, -0.2) is 0 Å². The van der Waals surface area contributed by atoms with E-state index in [2.05, 4.69) is 16.0 Å². The smallest absolute Gasteiger partial charge is 0.240 e. The largest absolute Gasteiger partial charge is 0.355 e. The second kappa shape index (κ2) is 6.05. The predicted octanol–water partition coefficient (Wildman–Crippen LogP) is 1.26. The van der Waals surface area contributed by atoms with Crippen molar-refractivity contribution >= 4 is 17.5 Å². The molecule has 0 aromatic heterocycles. The number of nitrogens with one attached hydrogen (secondary N) is 3. The Labute approximate surface area is 119 Å². The third kappa shape index (κ3) is 2.67. The SMILES string of the molecule is CCC1(C(=O)Nc2cccc(CNC)c2)CCNC1=O. The van der Waals surface area contributed by atoms with Crippen molar-refractivity contribution < 1.29 is 9.59 Å². The summed E-state index contributed by atoms with van der Waals surface area (Å²) in [5, 5.41) is 8.70. The number of anilines is 1. The molecule has 0 saturated carbocycles. The molecule has 0 aliphatic carbocycles. The van der Waals surface area contributed by atoms with Crippen molar-refractivity contribution in [2.75, 3.05) is 18.9 Å². The molecule has 2 amide bonds. The molecule has 0 spiro atoms. The molecule has 3 N–H and O–H groups in total. The van der Waals surface area contributed by atoms with E-state index in [1.54, 1.807) is 0 Å². The fourth-order valence-corrected chi connectivity index (χ4v) is 2.60. The Balaban J connectivity index is 2.14. The maximum atomic E-state index is 12.5. The van der Waals surface area contributed by atoms with Crippen LogP contribution < -0.4 is 16.0 Å². The highest BCUT2D eigenvalue weighted by atomic mass is 16.2. The lowest BCUT2D eigenvalue weighted by molar-refractivity contribution is -0.137. The highest BCUT2D eigenvalue weighted by Gasteiger charge is 2.47. The molecule has 1 aromatic rings. The Kier molecular flexibility index (Phi) is 4.39. The first-order valence-corrected chi connectivity index (χ1v) is 6.95. The Bertz CT molecular complexity index is 516. The van der Waals surface area contributed by atoms with Crippen LogP contribution in [0.1, 0.15) is 25.3 Å². The van der Waals surface area contributed by atoms with Gasteiger partial charge in [-0.2, -0.15) is 0 Å². The lowest BCUT2D eigenvalue weighted by Gasteiger charge is -2.23. The summed E-state index contributed by atoms with van der Waals surface area (Å²) in [5.74, 6) is -0.375. The van der Waals surface area contributed by atoms with Crippen LogP contribution in [0.3, 0.4) is 0 Å². The van der Waals surface area contributed by atoms with Gasteiger partial charge in [0.1, 0.15) is 5.41 Å². The highest BCUT2D eigenvalue weighted by Crippen LogP contribution is 2.32. The number of carbonyl (C=O) groups excluding carboxylic acids is 2. The summed E-state index contributed by atoms with van der Waals surface area (Å²) >= 11 is 0. The molecule has 2 rings (SSSR count). The van der Waals surface area contributed by atoms with Gasteiger partial charge in [-0.15, -0.1) is 0 Å². The fourth-order valence-electron chi connectivity index (χ4n) is 2.60. The zero-order valence-electron chi connectivity index (χ0n) is 12.0. The molecule has 5 heteroatoms. The van der Waals surface area contributed by atoms with Crippen molar-refractivity contribution in [1.29, 1.82) is 0 Å². The molecule has 1 heterocycles. The van der Waals surface area contributed by atoms with E-state index < -0.39 is 5.41 Å². The minimum absolute atomic E-state index is 0.163. The van der Waals surface area contributed by atoms with Crippen molar-refractivity contribution in [3.05, 3.63) is 29.8 Å². The average Bonchev–Trinajstić information content (AvgIpc) is 2.82. The van der Waals surface area contributed by atoms with Crippen LogP contribution in [0.25, 0.3) is 0 Å². The monoisotopic (exact) mass is 275 g/mol. The van der Waals surface area contributed by atoms with Crippen LogP contribution in [0.5, 0.6) is 0 Å². The number of amides is 2. The summed E-state index contributed by atoms with van der Waals surface area (Å²) in [5.41, 5.74) is 0.904. The number of rotatable bonds is 5. The summed E-state index contributed by atoms with van der Waals surface area (Å²) in [4.78, 5) is 24.4. The van der Waals surface area contributed by atoms with E-state index in [1.165, 1.54) is 0 Å². The van der Waals surface area contributed by atoms with Gasteiger partial charge in [0.25, 0.3) is 0 Å². The van der Waals surface area contributed by atoms with E-state index in [1.807, 2.05) is 38.2 Å². The molecule has 1 aliphatic heterocycles. The summed E-state index contributed by atoms with van der Waals surface area (Å²) in [6, 6.07) is 7.65. The zero-order chi connectivity index (χ0) is 14.6. The zero-order valence-corrected chi connectivity index (χ0v) is 12.0. The van der Waals surface area contributed by atoms with Crippen LogP contribution in [0.15, 0.2) is 24.3 Å². The Morgan fingerprint density at radius 2 is 2.25 bits per heavy atom. The van der Waals surface area contributed by atoms with Gasteiger partial charge in [0.2, 0.25) is 11.8 Å². The maximum Gasteiger partial charge on any atom is 0.240 e. The first-order chi connectivity index (χ1) is 9.62. The van der Waals surface area contributed by atoms with Crippen LogP contribution in [0, 0.1) is 5.41 Å². The maximum absolute atomic E-state index is 12.5. The molecule has 1 aromatic carbocycles. The molecule has 5 nitrogen and oxygen atoms in total. The predicted molar refractivity (Wildman–Crippen MR) is 78.2 cm³/mol. The van der Waals surface area contributed by atoms with E-state index in [0.717, 1.165) is 17.8 Å². The van der Waals surface area contributed by atoms with Crippen LogP contribution in [0.2, 0.25) is 0 Å². The lowest BCUT2D eigenvalue weighted by atomic mass is 9.82. The molecule has 1 unspecified atom stereocenters. The third-order valence-corrected chi connectivity index (χ3v) is 3.88. The van der Waals surface area contributed by atoms with Crippen LogP contribution in [-0.2, 0) is 16.1 Å². The molecule has 1 aliphatic rings. The van der Waals surface area contributed by atoms with Gasteiger partial charge < -0.3 is 16.0 Å². The van der Waals surface area contributed by atoms with Crippen LogP contribution in [-0.4, -0.2) is 25.4 Å². The Morgan fingerprint density at radius 3 is 2.85 bits per heavy atom. The van der Waals surface area contributed by atoms with E-state index in [4.69, 9.17) is 0 Å². The number of benzene rings is 1. The van der Waals surface area contributed by atoms with Crippen molar-refractivity contribution in [3.8, 4) is 0 Å². The van der Waals surface area contributed by atoms with E-state index >= 15 is 0 Å². The molecule has 108 valence electrons. The van der Waals surface area contributed by atoms with Gasteiger partial charge >= 0.3 is 0 Å². The van der Waals surface area contributed by atoms with Crippen molar-refractivity contribution in [2.45, 2.75) is 26.3 Å². The molecular formula is C15H21N3O2. The topological polar surface area (TPSA) is 70.2 Å². The van der Waals surface area contributed by atoms with Gasteiger partial charge in [-0.3, -0.25) is 9.59 Å². The molecule has 1 saturated heterocycles. The van der Waals surface area contributed by atoms with Crippen LogP contribution in [0.4, 0.5) is 5.69 Å². The second-order valence-corrected chi connectivity index (χ2v) is 5.13. The summed E-state index contributed by atoms with van der Waals surface area (Å²) in [6.07, 6.45) is 1.07. The van der Waals surface area contributed by atoms with Crippen LogP contribution >= 0.6 is 0 Å². The quantitative estimate of drug-likeness (QED) is 0.709. The minimum atomic E-state index is -0.918. The van der Waals surface area contributed by atoms with Crippen molar-refractivity contribution in [1.82, 2.24) is 10.6 Å². The number of hydrogen-bond acceptors (Lipinski definition) is 3. The Morgan fingerprint density at radius 1 is 1.45 bits per heavy atom. The summed E-state index contributed by atoms with van der Waals surface area (Å²) in [7, 11) is 1.88. The average molecular weight is 275 g/mol. The summed E-state index contributed by atoms with van der Waals surface area (Å²) < 4.78 is 0. The second-order valence-electron chi connectivity index (χ2n) is 5.13. The molecule has 0 bridgehead atoms. The number of hydrogen-bond donors (Lipinski definition) is 3. The van der Waals surface area contributed by atoms with E-state index in [0.29, 0.717) is 19.4 Å². The highest BCUT2D eigenvalue weighted by molar-refractivity contribution is 6.11. The molecule has 0 radical (unpaired) electrons. The fraction of sp³-hybridized carbons (Fsp3) is 0.467. The van der Waals surface area contributed by atoms with E-state index in [9.17, 15) is 9.59 Å². The lowest BCUT2D eigenvalue weighted by Crippen LogP contribution is -2.42. The number of carbonyl (C=O) groups is 2. The molecule has 20 heavy (non-hydrogen) atoms.